The van der Waals surface area contributed by atoms with Crippen LogP contribution in [0.15, 0.2) is 36.5 Å². The van der Waals surface area contributed by atoms with Crippen LogP contribution in [-0.4, -0.2) is 33.8 Å². The predicted octanol–water partition coefficient (Wildman–Crippen LogP) is 5.43. The van der Waals surface area contributed by atoms with Crippen LogP contribution >= 0.6 is 11.6 Å². The molecule has 0 aliphatic carbocycles. The molecule has 0 saturated carbocycles. The summed E-state index contributed by atoms with van der Waals surface area (Å²) in [5.74, 6) is -3.60. The van der Waals surface area contributed by atoms with Crippen molar-refractivity contribution in [1.29, 1.82) is 0 Å². The quantitative estimate of drug-likeness (QED) is 0.403. The van der Waals surface area contributed by atoms with Gasteiger partial charge in [-0.2, -0.15) is 13.2 Å². The van der Waals surface area contributed by atoms with Gasteiger partial charge in [-0.1, -0.05) is 17.7 Å². The molecule has 0 radical (unpaired) electrons. The number of alkyl halides is 3. The molecule has 0 bridgehead atoms. The zero-order valence-electron chi connectivity index (χ0n) is 17.1. The molecule has 12 heteroatoms. The van der Waals surface area contributed by atoms with Gasteiger partial charge in [0.15, 0.2) is 6.61 Å². The number of nitrogens with zero attached hydrogens (tertiary/aromatic N) is 1. The maximum atomic E-state index is 14.9. The van der Waals surface area contributed by atoms with Crippen molar-refractivity contribution in [3.05, 3.63) is 64.6 Å². The first-order chi connectivity index (χ1) is 15.3. The summed E-state index contributed by atoms with van der Waals surface area (Å²) < 4.78 is 71.9. The molecule has 3 aromatic rings. The number of amides is 1. The van der Waals surface area contributed by atoms with Crippen molar-refractivity contribution < 1.29 is 36.6 Å². The second kappa shape index (κ2) is 8.99. The molecule has 6 nitrogen and oxygen atoms in total. The summed E-state index contributed by atoms with van der Waals surface area (Å²) in [5, 5.41) is 12.0. The maximum absolute atomic E-state index is 14.9. The molecule has 0 fully saturated rings. The van der Waals surface area contributed by atoms with E-state index in [1.807, 2.05) is 0 Å². The number of carbonyl (C=O) groups is 1. The summed E-state index contributed by atoms with van der Waals surface area (Å²) in [6.45, 7) is 1.08. The van der Waals surface area contributed by atoms with E-state index in [2.05, 4.69) is 15.3 Å². The van der Waals surface area contributed by atoms with Gasteiger partial charge >= 0.3 is 6.18 Å². The third-order valence-electron chi connectivity index (χ3n) is 4.35. The third kappa shape index (κ3) is 5.79. The van der Waals surface area contributed by atoms with Gasteiger partial charge in [0.2, 0.25) is 0 Å². The fourth-order valence-corrected chi connectivity index (χ4v) is 2.99. The highest BCUT2D eigenvalue weighted by molar-refractivity contribution is 6.34. The van der Waals surface area contributed by atoms with Gasteiger partial charge < -0.3 is 20.1 Å². The Morgan fingerprint density at radius 1 is 1.21 bits per heavy atom. The van der Waals surface area contributed by atoms with E-state index in [0.29, 0.717) is 6.07 Å². The molecule has 0 spiro atoms. The fourth-order valence-electron chi connectivity index (χ4n) is 2.78. The van der Waals surface area contributed by atoms with E-state index in [-0.39, 0.29) is 22.1 Å². The number of aliphatic hydroxyl groups is 1. The Balaban J connectivity index is 2.04. The summed E-state index contributed by atoms with van der Waals surface area (Å²) in [7, 11) is 0. The number of ether oxygens (including phenoxy) is 1. The Kier molecular flexibility index (Phi) is 6.66. The van der Waals surface area contributed by atoms with E-state index in [1.165, 1.54) is 26.0 Å². The number of H-pyrrole nitrogens is 1. The Morgan fingerprint density at radius 3 is 2.48 bits per heavy atom. The molecule has 0 saturated heterocycles. The first kappa shape index (κ1) is 24.5. The first-order valence-corrected chi connectivity index (χ1v) is 9.71. The van der Waals surface area contributed by atoms with Crippen molar-refractivity contribution in [3.63, 3.8) is 0 Å². The van der Waals surface area contributed by atoms with Gasteiger partial charge in [0, 0.05) is 5.56 Å². The van der Waals surface area contributed by atoms with Crippen LogP contribution in [0.5, 0.6) is 5.75 Å². The molecule has 1 amide bonds. The van der Waals surface area contributed by atoms with Crippen molar-refractivity contribution in [2.45, 2.75) is 25.6 Å². The highest BCUT2D eigenvalue weighted by atomic mass is 35.5. The molecule has 0 aliphatic rings. The maximum Gasteiger partial charge on any atom is 0.422 e. The summed E-state index contributed by atoms with van der Waals surface area (Å²) in [6.07, 6.45) is -3.59. The third-order valence-corrected chi connectivity index (χ3v) is 4.67. The minimum atomic E-state index is -4.75. The number of anilines is 1. The Bertz CT molecular complexity index is 1170. The fraction of sp³-hybridized carbons (Fsp3) is 0.238. The molecule has 176 valence electrons. The summed E-state index contributed by atoms with van der Waals surface area (Å²) in [5.41, 5.74) is -2.70. The highest BCUT2D eigenvalue weighted by Gasteiger charge is 2.30. The number of hydrogen-bond donors (Lipinski definition) is 3. The molecule has 0 atom stereocenters. The van der Waals surface area contributed by atoms with Crippen LogP contribution in [0, 0.1) is 11.6 Å². The number of hydrogen-bond acceptors (Lipinski definition) is 4. The Hall–Kier alpha value is -3.18. The van der Waals surface area contributed by atoms with Gasteiger partial charge in [-0.15, -0.1) is 0 Å². The van der Waals surface area contributed by atoms with E-state index in [1.54, 1.807) is 0 Å². The Labute approximate surface area is 189 Å². The normalized spacial score (nSPS) is 12.0. The Morgan fingerprint density at radius 2 is 1.91 bits per heavy atom. The number of halogens is 6. The smallest absolute Gasteiger partial charge is 0.422 e. The van der Waals surface area contributed by atoms with Crippen LogP contribution in [0.2, 0.25) is 5.02 Å². The van der Waals surface area contributed by atoms with Crippen LogP contribution in [0.3, 0.4) is 0 Å². The van der Waals surface area contributed by atoms with E-state index in [9.17, 15) is 31.9 Å². The molecule has 3 rings (SSSR count). The van der Waals surface area contributed by atoms with Gasteiger partial charge in [-0.05, 0) is 38.1 Å². The van der Waals surface area contributed by atoms with Crippen molar-refractivity contribution in [1.82, 2.24) is 9.97 Å². The number of imidazole rings is 1. The van der Waals surface area contributed by atoms with Crippen LogP contribution < -0.4 is 10.1 Å². The molecule has 33 heavy (non-hydrogen) atoms. The van der Waals surface area contributed by atoms with Gasteiger partial charge in [-0.3, -0.25) is 4.79 Å². The molecule has 0 aliphatic heterocycles. The van der Waals surface area contributed by atoms with E-state index in [4.69, 9.17) is 16.3 Å². The van der Waals surface area contributed by atoms with Crippen molar-refractivity contribution in [2.75, 3.05) is 11.9 Å². The van der Waals surface area contributed by atoms with Crippen molar-refractivity contribution >= 4 is 23.2 Å². The van der Waals surface area contributed by atoms with E-state index in [0.717, 1.165) is 18.3 Å². The number of aromatic nitrogens is 2. The topological polar surface area (TPSA) is 87.2 Å². The van der Waals surface area contributed by atoms with Crippen LogP contribution in [0.4, 0.5) is 27.6 Å². The number of carbonyl (C=O) groups excluding carboxylic acids is 1. The summed E-state index contributed by atoms with van der Waals surface area (Å²) in [6, 6.07) is 5.09. The molecule has 0 unspecified atom stereocenters. The van der Waals surface area contributed by atoms with Crippen molar-refractivity contribution in [2.24, 2.45) is 0 Å². The van der Waals surface area contributed by atoms with Gasteiger partial charge in [0.1, 0.15) is 28.8 Å². The minimum absolute atomic E-state index is 0.0191. The molecule has 2 aromatic carbocycles. The second-order valence-electron chi connectivity index (χ2n) is 7.49. The second-order valence-corrected chi connectivity index (χ2v) is 7.89. The summed E-state index contributed by atoms with van der Waals surface area (Å²) in [4.78, 5) is 19.3. The molecule has 1 aromatic heterocycles. The summed E-state index contributed by atoms with van der Waals surface area (Å²) >= 11 is 5.86. The monoisotopic (exact) mass is 489 g/mol. The molecular formula is C21H17ClF5N3O3. The largest absolute Gasteiger partial charge is 0.483 e. The lowest BCUT2D eigenvalue weighted by molar-refractivity contribution is -0.153. The zero-order valence-corrected chi connectivity index (χ0v) is 17.9. The van der Waals surface area contributed by atoms with E-state index < -0.39 is 52.9 Å². The van der Waals surface area contributed by atoms with Crippen LogP contribution in [0.25, 0.3) is 11.3 Å². The molecular weight excluding hydrogens is 473 g/mol. The number of benzene rings is 2. The van der Waals surface area contributed by atoms with Gasteiger partial charge in [-0.25, -0.2) is 13.8 Å². The average molecular weight is 490 g/mol. The van der Waals surface area contributed by atoms with Crippen LogP contribution in [-0.2, 0) is 5.60 Å². The van der Waals surface area contributed by atoms with Gasteiger partial charge in [0.05, 0.1) is 28.2 Å². The standard InChI is InChI=1S/C21H17ClF5N3O3/c1-20(2,32)19-28-8-15(29-19)10-7-16(33-9-21(25,26)27)11(6-14(10)24)18(31)30-17-12(22)4-3-5-13(17)23/h3-8,32H,9H2,1-2H3,(H,28,29)(H,30,31). The first-order valence-electron chi connectivity index (χ1n) is 9.33. The van der Waals surface area contributed by atoms with Gasteiger partial charge in [0.25, 0.3) is 5.91 Å². The lowest BCUT2D eigenvalue weighted by atomic mass is 10.1. The zero-order chi connectivity index (χ0) is 24.6. The predicted molar refractivity (Wildman–Crippen MR) is 110 cm³/mol. The lowest BCUT2D eigenvalue weighted by Gasteiger charge is -2.16. The lowest BCUT2D eigenvalue weighted by Crippen LogP contribution is -2.22. The number of para-hydroxylation sites is 1. The van der Waals surface area contributed by atoms with Crippen molar-refractivity contribution in [3.8, 4) is 17.0 Å². The molecule has 1 heterocycles. The number of nitrogens with one attached hydrogen (secondary N) is 2. The number of aromatic amines is 1. The van der Waals surface area contributed by atoms with Crippen LogP contribution in [0.1, 0.15) is 30.0 Å². The van der Waals surface area contributed by atoms with E-state index >= 15 is 0 Å². The molecule has 3 N–H and O–H groups in total. The SMILES string of the molecule is CC(C)(O)c1ncc(-c2cc(OCC(F)(F)F)c(C(=O)Nc3c(F)cccc3Cl)cc2F)[nH]1. The highest BCUT2D eigenvalue weighted by Crippen LogP contribution is 2.33. The number of rotatable bonds is 6. The average Bonchev–Trinajstić information content (AvgIpc) is 3.19. The minimum Gasteiger partial charge on any atom is -0.483 e.